The molecule has 4 heterocycles. The second kappa shape index (κ2) is 8.57. The fraction of sp³-hybridized carbons (Fsp3) is 0.500. The number of rotatable bonds is 4. The molecule has 0 spiro atoms. The van der Waals surface area contributed by atoms with Gasteiger partial charge in [-0.3, -0.25) is 5.32 Å². The molecule has 2 saturated heterocycles. The lowest BCUT2D eigenvalue weighted by Gasteiger charge is -2.26. The summed E-state index contributed by atoms with van der Waals surface area (Å²) in [7, 11) is 0. The van der Waals surface area contributed by atoms with Gasteiger partial charge in [0, 0.05) is 37.9 Å². The van der Waals surface area contributed by atoms with Crippen molar-refractivity contribution in [1.29, 1.82) is 0 Å². The zero-order chi connectivity index (χ0) is 20.3. The van der Waals surface area contributed by atoms with Crippen LogP contribution in [0.3, 0.4) is 0 Å². The highest BCUT2D eigenvalue weighted by molar-refractivity contribution is 5.60. The monoisotopic (exact) mass is 410 g/mol. The van der Waals surface area contributed by atoms with Crippen LogP contribution in [0, 0.1) is 0 Å². The number of nitrogens with one attached hydrogen (secondary N) is 3. The number of hydrogen-bond acceptors (Lipinski definition) is 8. The highest BCUT2D eigenvalue weighted by Gasteiger charge is 2.28. The van der Waals surface area contributed by atoms with Crippen LogP contribution in [0.25, 0.3) is 11.3 Å². The topological polar surface area (TPSA) is 93.2 Å². The maximum atomic E-state index is 12.5. The Morgan fingerprint density at radius 1 is 1.00 bits per heavy atom. The molecule has 2 aliphatic heterocycles. The van der Waals surface area contributed by atoms with Crippen LogP contribution in [0.4, 0.5) is 19.0 Å². The van der Waals surface area contributed by atoms with E-state index < -0.39 is 6.30 Å². The Morgan fingerprint density at radius 2 is 1.72 bits per heavy atom. The van der Waals surface area contributed by atoms with Crippen LogP contribution in [-0.4, -0.2) is 60.6 Å². The van der Waals surface area contributed by atoms with Crippen molar-refractivity contribution < 1.29 is 22.6 Å². The molecule has 8 nitrogen and oxygen atoms in total. The fourth-order valence-corrected chi connectivity index (χ4v) is 3.19. The van der Waals surface area contributed by atoms with Gasteiger partial charge in [-0.15, -0.1) is 0 Å². The van der Waals surface area contributed by atoms with Gasteiger partial charge in [0.15, 0.2) is 5.82 Å². The first-order valence-corrected chi connectivity index (χ1v) is 9.33. The number of morpholine rings is 2. The molecule has 2 aromatic rings. The van der Waals surface area contributed by atoms with Crippen LogP contribution in [0.1, 0.15) is 23.7 Å². The first-order chi connectivity index (χ1) is 14.0. The molecular weight excluding hydrogens is 389 g/mol. The molecule has 2 aliphatic rings. The third kappa shape index (κ3) is 5.18. The minimum absolute atomic E-state index is 0.236. The SMILES string of the molecule is FC(F)(F)Nc1ccc(-c2cc(C3CNCCO3)nc(C3CNCCO3)n2)cn1. The number of aromatic nitrogens is 3. The van der Waals surface area contributed by atoms with Crippen LogP contribution >= 0.6 is 0 Å². The van der Waals surface area contributed by atoms with Crippen LogP contribution in [0.5, 0.6) is 0 Å². The Labute approximate surface area is 165 Å². The molecule has 0 aliphatic carbocycles. The molecule has 3 N–H and O–H groups in total. The molecule has 2 aromatic heterocycles. The second-order valence-electron chi connectivity index (χ2n) is 6.72. The Kier molecular flexibility index (Phi) is 5.90. The maximum Gasteiger partial charge on any atom is 0.483 e. The largest absolute Gasteiger partial charge is 0.483 e. The van der Waals surface area contributed by atoms with E-state index in [2.05, 4.69) is 25.6 Å². The molecule has 0 radical (unpaired) electrons. The standard InChI is InChI=1S/C18H21F3N6O2/c19-18(20,21)27-16-2-1-11(8-24-16)12-7-13(14-9-22-3-5-28-14)26-17(25-12)15-10-23-4-6-29-15/h1-2,7-8,14-15,22-23H,3-6,9-10H2,(H,24,27). The molecule has 2 atom stereocenters. The molecule has 4 rings (SSSR count). The Balaban J connectivity index is 1.65. The summed E-state index contributed by atoms with van der Waals surface area (Å²) in [4.78, 5) is 13.1. The van der Waals surface area contributed by atoms with Gasteiger partial charge >= 0.3 is 6.30 Å². The van der Waals surface area contributed by atoms with Crippen molar-refractivity contribution in [2.75, 3.05) is 44.7 Å². The number of nitrogens with zero attached hydrogens (tertiary/aromatic N) is 3. The first-order valence-electron chi connectivity index (χ1n) is 9.33. The predicted octanol–water partition coefficient (Wildman–Crippen LogP) is 1.79. The summed E-state index contributed by atoms with van der Waals surface area (Å²) in [6.45, 7) is 3.85. The predicted molar refractivity (Wildman–Crippen MR) is 98.1 cm³/mol. The molecule has 156 valence electrons. The number of halogens is 3. The van der Waals surface area contributed by atoms with Crippen molar-refractivity contribution in [3.05, 3.63) is 35.9 Å². The smallest absolute Gasteiger partial charge is 0.369 e. The third-order valence-corrected chi connectivity index (χ3v) is 4.57. The van der Waals surface area contributed by atoms with E-state index in [0.717, 1.165) is 13.1 Å². The summed E-state index contributed by atoms with van der Waals surface area (Å²) >= 11 is 0. The third-order valence-electron chi connectivity index (χ3n) is 4.57. The van der Waals surface area contributed by atoms with Crippen LogP contribution in [0.2, 0.25) is 0 Å². The van der Waals surface area contributed by atoms with E-state index in [9.17, 15) is 13.2 Å². The van der Waals surface area contributed by atoms with Gasteiger partial charge in [0.2, 0.25) is 0 Å². The van der Waals surface area contributed by atoms with Gasteiger partial charge in [-0.05, 0) is 18.2 Å². The Bertz CT molecular complexity index is 785. The second-order valence-corrected chi connectivity index (χ2v) is 6.72. The summed E-state index contributed by atoms with van der Waals surface area (Å²) in [5.41, 5.74) is 1.83. The zero-order valence-corrected chi connectivity index (χ0v) is 15.5. The van der Waals surface area contributed by atoms with Crippen molar-refractivity contribution >= 4 is 5.82 Å². The van der Waals surface area contributed by atoms with Crippen molar-refractivity contribution in [3.8, 4) is 11.3 Å². The number of anilines is 1. The zero-order valence-electron chi connectivity index (χ0n) is 15.5. The average Bonchev–Trinajstić information content (AvgIpc) is 2.74. The van der Waals surface area contributed by atoms with E-state index in [4.69, 9.17) is 9.47 Å². The molecule has 2 fully saturated rings. The van der Waals surface area contributed by atoms with E-state index in [1.54, 1.807) is 6.07 Å². The molecule has 11 heteroatoms. The maximum absolute atomic E-state index is 12.5. The van der Waals surface area contributed by atoms with E-state index in [1.807, 2.05) is 0 Å². The summed E-state index contributed by atoms with van der Waals surface area (Å²) in [5.74, 6) is 0.228. The van der Waals surface area contributed by atoms with Gasteiger partial charge in [-0.2, -0.15) is 13.2 Å². The molecular formula is C18H21F3N6O2. The highest BCUT2D eigenvalue weighted by Crippen LogP contribution is 2.27. The molecule has 0 aromatic carbocycles. The molecule has 0 amide bonds. The minimum atomic E-state index is -4.54. The molecule has 0 bridgehead atoms. The van der Waals surface area contributed by atoms with E-state index in [-0.39, 0.29) is 18.0 Å². The van der Waals surface area contributed by atoms with Gasteiger partial charge in [-0.1, -0.05) is 0 Å². The summed E-state index contributed by atoms with van der Waals surface area (Å²) in [5, 5.41) is 7.90. The van der Waals surface area contributed by atoms with Crippen LogP contribution < -0.4 is 16.0 Å². The summed E-state index contributed by atoms with van der Waals surface area (Å²) < 4.78 is 49.0. The fourth-order valence-electron chi connectivity index (χ4n) is 3.19. The number of alkyl halides is 3. The van der Waals surface area contributed by atoms with Gasteiger partial charge in [0.1, 0.15) is 18.0 Å². The Morgan fingerprint density at radius 3 is 2.31 bits per heavy atom. The highest BCUT2D eigenvalue weighted by atomic mass is 19.4. The lowest BCUT2D eigenvalue weighted by Crippen LogP contribution is -2.36. The van der Waals surface area contributed by atoms with E-state index in [0.29, 0.717) is 49.1 Å². The molecule has 0 saturated carbocycles. The number of hydrogen-bond donors (Lipinski definition) is 3. The molecule has 29 heavy (non-hydrogen) atoms. The summed E-state index contributed by atoms with van der Waals surface area (Å²) in [6.07, 6.45) is -3.73. The first kappa shape index (κ1) is 20.0. The van der Waals surface area contributed by atoms with Crippen molar-refractivity contribution in [2.24, 2.45) is 0 Å². The summed E-state index contributed by atoms with van der Waals surface area (Å²) in [6, 6.07) is 4.59. The van der Waals surface area contributed by atoms with Crippen molar-refractivity contribution in [1.82, 2.24) is 25.6 Å². The van der Waals surface area contributed by atoms with E-state index >= 15 is 0 Å². The van der Waals surface area contributed by atoms with Gasteiger partial charge in [-0.25, -0.2) is 15.0 Å². The van der Waals surface area contributed by atoms with Crippen molar-refractivity contribution in [2.45, 2.75) is 18.5 Å². The average molecular weight is 410 g/mol. The number of pyridine rings is 1. The lowest BCUT2D eigenvalue weighted by atomic mass is 10.1. The van der Waals surface area contributed by atoms with Gasteiger partial charge < -0.3 is 20.1 Å². The minimum Gasteiger partial charge on any atom is -0.369 e. The van der Waals surface area contributed by atoms with Crippen molar-refractivity contribution in [3.63, 3.8) is 0 Å². The Hall–Kier alpha value is -2.34. The normalized spacial score (nSPS) is 23.0. The molecule has 2 unspecified atom stereocenters. The van der Waals surface area contributed by atoms with Gasteiger partial charge in [0.25, 0.3) is 0 Å². The van der Waals surface area contributed by atoms with Crippen LogP contribution in [0.15, 0.2) is 24.4 Å². The quantitative estimate of drug-likeness (QED) is 0.657. The van der Waals surface area contributed by atoms with Crippen LogP contribution in [-0.2, 0) is 9.47 Å². The van der Waals surface area contributed by atoms with Gasteiger partial charge in [0.05, 0.1) is 24.6 Å². The number of ether oxygens (including phenoxy) is 2. The lowest BCUT2D eigenvalue weighted by molar-refractivity contribution is -0.100. The van der Waals surface area contributed by atoms with E-state index in [1.165, 1.54) is 23.6 Å².